The second-order valence-corrected chi connectivity index (χ2v) is 3.94. The van der Waals surface area contributed by atoms with Gasteiger partial charge in [0.25, 0.3) is 0 Å². The average Bonchev–Trinajstić information content (AvgIpc) is 2.71. The van der Waals surface area contributed by atoms with E-state index in [1.54, 1.807) is 12.4 Å². The molecule has 5 heteroatoms. The van der Waals surface area contributed by atoms with E-state index >= 15 is 0 Å². The first-order valence-electron chi connectivity index (χ1n) is 5.44. The highest BCUT2D eigenvalue weighted by Crippen LogP contribution is 2.16. The molecular weight excluding hydrogens is 219 g/mol. The summed E-state index contributed by atoms with van der Waals surface area (Å²) < 4.78 is 15.1. The monoisotopic (exact) mass is 234 g/mol. The minimum absolute atomic E-state index is 0.0132. The van der Waals surface area contributed by atoms with E-state index in [9.17, 15) is 4.39 Å². The summed E-state index contributed by atoms with van der Waals surface area (Å²) in [5, 5.41) is 3.15. The number of nitrogens with one attached hydrogen (secondary N) is 1. The van der Waals surface area contributed by atoms with Crippen molar-refractivity contribution in [1.29, 1.82) is 0 Å². The zero-order chi connectivity index (χ0) is 12.3. The molecule has 0 radical (unpaired) electrons. The topological polar surface area (TPSA) is 42.7 Å². The van der Waals surface area contributed by atoms with Crippen LogP contribution >= 0.6 is 0 Å². The number of nitrogens with zero attached hydrogens (tertiary/aromatic N) is 3. The summed E-state index contributed by atoms with van der Waals surface area (Å²) in [7, 11) is 3.79. The number of halogens is 1. The van der Waals surface area contributed by atoms with Crippen LogP contribution in [0.4, 0.5) is 4.39 Å². The summed E-state index contributed by atoms with van der Waals surface area (Å²) in [6.45, 7) is 0. The Balaban J connectivity index is 2.20. The molecule has 2 rings (SSSR count). The lowest BCUT2D eigenvalue weighted by molar-refractivity contribution is 0.551. The van der Waals surface area contributed by atoms with Gasteiger partial charge in [-0.3, -0.25) is 4.98 Å². The molecule has 1 unspecified atom stereocenters. The van der Waals surface area contributed by atoms with Crippen molar-refractivity contribution in [2.75, 3.05) is 7.05 Å². The third-order valence-electron chi connectivity index (χ3n) is 2.78. The van der Waals surface area contributed by atoms with Crippen molar-refractivity contribution in [1.82, 2.24) is 19.9 Å². The maximum atomic E-state index is 13.1. The summed E-state index contributed by atoms with van der Waals surface area (Å²) in [5.74, 6) is 0.635. The van der Waals surface area contributed by atoms with Crippen LogP contribution in [0, 0.1) is 5.82 Å². The minimum atomic E-state index is -0.317. The molecule has 0 spiro atoms. The summed E-state index contributed by atoms with van der Waals surface area (Å²) in [6.07, 6.45) is 7.23. The Morgan fingerprint density at radius 1 is 1.47 bits per heavy atom. The fraction of sp³-hybridized carbons (Fsp3) is 0.333. The van der Waals surface area contributed by atoms with Crippen LogP contribution in [0.25, 0.3) is 0 Å². The fourth-order valence-corrected chi connectivity index (χ4v) is 1.78. The molecular formula is C12H15FN4. The normalized spacial score (nSPS) is 12.6. The Morgan fingerprint density at radius 2 is 2.29 bits per heavy atom. The van der Waals surface area contributed by atoms with E-state index in [0.717, 1.165) is 11.4 Å². The summed E-state index contributed by atoms with van der Waals surface area (Å²) in [6, 6.07) is 1.51. The number of aryl methyl sites for hydroxylation is 1. The van der Waals surface area contributed by atoms with Gasteiger partial charge >= 0.3 is 0 Å². The van der Waals surface area contributed by atoms with Crippen LogP contribution in [0.2, 0.25) is 0 Å². The first-order valence-corrected chi connectivity index (χ1v) is 5.44. The van der Waals surface area contributed by atoms with E-state index in [0.29, 0.717) is 6.42 Å². The Hall–Kier alpha value is -1.75. The van der Waals surface area contributed by atoms with E-state index in [1.807, 2.05) is 24.9 Å². The number of imidazole rings is 1. The summed E-state index contributed by atoms with van der Waals surface area (Å²) >= 11 is 0. The van der Waals surface area contributed by atoms with Crippen LogP contribution in [0.3, 0.4) is 0 Å². The van der Waals surface area contributed by atoms with E-state index in [4.69, 9.17) is 0 Å². The van der Waals surface area contributed by atoms with Crippen LogP contribution in [0.1, 0.15) is 17.4 Å². The molecule has 0 aliphatic carbocycles. The van der Waals surface area contributed by atoms with Gasteiger partial charge in [0.1, 0.15) is 11.6 Å². The number of hydrogen-bond donors (Lipinski definition) is 1. The third kappa shape index (κ3) is 2.68. The quantitative estimate of drug-likeness (QED) is 0.870. The number of likely N-dealkylation sites (N-methyl/N-ethyl adjacent to an activating group) is 1. The average molecular weight is 234 g/mol. The molecule has 0 aliphatic rings. The van der Waals surface area contributed by atoms with Gasteiger partial charge in [-0.25, -0.2) is 9.37 Å². The molecule has 4 nitrogen and oxygen atoms in total. The molecule has 2 aromatic rings. The molecule has 17 heavy (non-hydrogen) atoms. The van der Waals surface area contributed by atoms with Gasteiger partial charge < -0.3 is 9.88 Å². The van der Waals surface area contributed by atoms with Crippen LogP contribution in [-0.4, -0.2) is 21.6 Å². The Kier molecular flexibility index (Phi) is 3.49. The molecule has 0 saturated carbocycles. The number of hydrogen-bond acceptors (Lipinski definition) is 3. The van der Waals surface area contributed by atoms with E-state index in [1.165, 1.54) is 12.3 Å². The number of rotatable bonds is 4. The van der Waals surface area contributed by atoms with Crippen molar-refractivity contribution >= 4 is 0 Å². The second kappa shape index (κ2) is 5.05. The summed E-state index contributed by atoms with van der Waals surface area (Å²) in [5.41, 5.74) is 0.829. The highest BCUT2D eigenvalue weighted by Gasteiger charge is 2.13. The Bertz CT molecular complexity index is 495. The second-order valence-electron chi connectivity index (χ2n) is 3.94. The smallest absolute Gasteiger partial charge is 0.141 e. The summed E-state index contributed by atoms with van der Waals surface area (Å²) in [4.78, 5) is 8.12. The van der Waals surface area contributed by atoms with Crippen molar-refractivity contribution in [3.63, 3.8) is 0 Å². The molecule has 0 amide bonds. The number of pyridine rings is 1. The zero-order valence-corrected chi connectivity index (χ0v) is 9.89. The highest BCUT2D eigenvalue weighted by atomic mass is 19.1. The van der Waals surface area contributed by atoms with Crippen LogP contribution in [-0.2, 0) is 13.5 Å². The largest absolute Gasteiger partial charge is 0.338 e. The van der Waals surface area contributed by atoms with Crippen molar-refractivity contribution in [3.05, 3.63) is 48.1 Å². The van der Waals surface area contributed by atoms with Crippen molar-refractivity contribution in [2.45, 2.75) is 12.5 Å². The van der Waals surface area contributed by atoms with Crippen LogP contribution < -0.4 is 5.32 Å². The highest BCUT2D eigenvalue weighted by molar-refractivity contribution is 5.16. The molecule has 0 bridgehead atoms. The van der Waals surface area contributed by atoms with Gasteiger partial charge in [-0.1, -0.05) is 0 Å². The maximum absolute atomic E-state index is 13.1. The third-order valence-corrected chi connectivity index (χ3v) is 2.78. The lowest BCUT2D eigenvalue weighted by Gasteiger charge is -2.15. The Labute approximate surface area is 99.5 Å². The molecule has 0 saturated heterocycles. The standard InChI is InChI=1S/C12H15FN4/c1-14-11(6-12-16-3-4-17(12)2)9-5-10(13)8-15-7-9/h3-5,7-8,11,14H,6H2,1-2H3. The van der Waals surface area contributed by atoms with Gasteiger partial charge in [0.2, 0.25) is 0 Å². The minimum Gasteiger partial charge on any atom is -0.338 e. The molecule has 90 valence electrons. The zero-order valence-electron chi connectivity index (χ0n) is 9.89. The molecule has 2 aromatic heterocycles. The van der Waals surface area contributed by atoms with Gasteiger partial charge in [-0.05, 0) is 18.7 Å². The van der Waals surface area contributed by atoms with Gasteiger partial charge in [0, 0.05) is 38.1 Å². The van der Waals surface area contributed by atoms with Gasteiger partial charge in [-0.2, -0.15) is 0 Å². The van der Waals surface area contributed by atoms with Crippen molar-refractivity contribution in [2.24, 2.45) is 7.05 Å². The molecule has 1 N–H and O–H groups in total. The molecule has 2 heterocycles. The Morgan fingerprint density at radius 3 is 2.88 bits per heavy atom. The van der Waals surface area contributed by atoms with Crippen LogP contribution in [0.15, 0.2) is 30.9 Å². The lowest BCUT2D eigenvalue weighted by Crippen LogP contribution is -2.20. The molecule has 0 aliphatic heterocycles. The van der Waals surface area contributed by atoms with Crippen LogP contribution in [0.5, 0.6) is 0 Å². The number of aromatic nitrogens is 3. The maximum Gasteiger partial charge on any atom is 0.141 e. The fourth-order valence-electron chi connectivity index (χ4n) is 1.78. The van der Waals surface area contributed by atoms with Gasteiger partial charge in [0.15, 0.2) is 0 Å². The van der Waals surface area contributed by atoms with Gasteiger partial charge in [-0.15, -0.1) is 0 Å². The molecule has 0 fully saturated rings. The van der Waals surface area contributed by atoms with Gasteiger partial charge in [0.05, 0.1) is 6.20 Å². The molecule has 1 atom stereocenters. The van der Waals surface area contributed by atoms with Crippen molar-refractivity contribution in [3.8, 4) is 0 Å². The van der Waals surface area contributed by atoms with E-state index < -0.39 is 0 Å². The van der Waals surface area contributed by atoms with Crippen molar-refractivity contribution < 1.29 is 4.39 Å². The molecule has 0 aromatic carbocycles. The SMILES string of the molecule is CNC(Cc1nccn1C)c1cncc(F)c1. The predicted molar refractivity (Wildman–Crippen MR) is 62.9 cm³/mol. The van der Waals surface area contributed by atoms with E-state index in [-0.39, 0.29) is 11.9 Å². The first-order chi connectivity index (χ1) is 8.20. The van der Waals surface area contributed by atoms with E-state index in [2.05, 4.69) is 15.3 Å². The lowest BCUT2D eigenvalue weighted by atomic mass is 10.1. The first kappa shape index (κ1) is 11.7. The predicted octanol–water partition coefficient (Wildman–Crippen LogP) is 1.46.